The largest absolute Gasteiger partial charge is 0.465 e. The zero-order valence-corrected chi connectivity index (χ0v) is 12.4. The van der Waals surface area contributed by atoms with Gasteiger partial charge in [-0.15, -0.1) is 0 Å². The fourth-order valence-electron chi connectivity index (χ4n) is 1.91. The molecular weight excluding hydrogens is 296 g/mol. The van der Waals surface area contributed by atoms with Gasteiger partial charge in [0.25, 0.3) is 5.69 Å². The fraction of sp³-hybridized carbons (Fsp3) is 0.308. The minimum atomic E-state index is -0.930. The summed E-state index contributed by atoms with van der Waals surface area (Å²) in [7, 11) is 2.18. The molecule has 22 heavy (non-hydrogen) atoms. The minimum absolute atomic E-state index is 0.0386. The molecule has 1 amide bonds. The van der Waals surface area contributed by atoms with Crippen molar-refractivity contribution >= 4 is 29.2 Å². The Kier molecular flexibility index (Phi) is 5.17. The van der Waals surface area contributed by atoms with Gasteiger partial charge in [0.1, 0.15) is 5.69 Å². The van der Waals surface area contributed by atoms with E-state index in [1.54, 1.807) is 0 Å². The summed E-state index contributed by atoms with van der Waals surface area (Å²) in [5, 5.41) is 13.4. The van der Waals surface area contributed by atoms with Gasteiger partial charge in [-0.25, -0.2) is 9.59 Å². The summed E-state index contributed by atoms with van der Waals surface area (Å²) in [6, 6.07) is 0.871. The Hall–Kier alpha value is -2.97. The van der Waals surface area contributed by atoms with Crippen molar-refractivity contribution in [2.45, 2.75) is 13.8 Å². The van der Waals surface area contributed by atoms with Crippen molar-refractivity contribution in [1.29, 1.82) is 0 Å². The number of nitrogens with zero attached hydrogens (tertiary/aromatic N) is 1. The summed E-state index contributed by atoms with van der Waals surface area (Å²) in [6.07, 6.45) is 0. The standard InChI is InChI=1S/C13H14N2O7/c1-6-10(13(18)22-4)8(12(17)21-3)5-9(15(19)20)11(6)14-7(2)16/h5H,1-4H3,(H,14,16). The van der Waals surface area contributed by atoms with E-state index < -0.39 is 28.5 Å². The number of nitro groups is 1. The molecule has 1 aromatic carbocycles. The smallest absolute Gasteiger partial charge is 0.339 e. The maximum atomic E-state index is 11.9. The van der Waals surface area contributed by atoms with Crippen LogP contribution in [0.15, 0.2) is 6.07 Å². The van der Waals surface area contributed by atoms with Crippen LogP contribution in [0.1, 0.15) is 33.2 Å². The van der Waals surface area contributed by atoms with E-state index in [9.17, 15) is 24.5 Å². The van der Waals surface area contributed by atoms with Crippen molar-refractivity contribution < 1.29 is 28.8 Å². The number of nitrogens with one attached hydrogen (secondary N) is 1. The highest BCUT2D eigenvalue weighted by Crippen LogP contribution is 2.34. The lowest BCUT2D eigenvalue weighted by atomic mass is 9.98. The summed E-state index contributed by atoms with van der Waals surface area (Å²) in [6.45, 7) is 2.52. The Bertz CT molecular complexity index is 667. The van der Waals surface area contributed by atoms with Crippen LogP contribution in [0.5, 0.6) is 0 Å². The molecule has 0 bridgehead atoms. The van der Waals surface area contributed by atoms with Gasteiger partial charge in [0.15, 0.2) is 0 Å². The second-order valence-electron chi connectivity index (χ2n) is 4.24. The summed E-state index contributed by atoms with van der Waals surface area (Å²) < 4.78 is 9.11. The van der Waals surface area contributed by atoms with E-state index in [4.69, 9.17) is 0 Å². The number of rotatable bonds is 4. The lowest BCUT2D eigenvalue weighted by Gasteiger charge is -2.14. The third-order valence-electron chi connectivity index (χ3n) is 2.85. The molecule has 0 saturated heterocycles. The molecule has 118 valence electrons. The van der Waals surface area contributed by atoms with Gasteiger partial charge in [0, 0.05) is 13.0 Å². The lowest BCUT2D eigenvalue weighted by Crippen LogP contribution is -2.18. The molecule has 0 spiro atoms. The highest BCUT2D eigenvalue weighted by molar-refractivity contribution is 6.07. The van der Waals surface area contributed by atoms with Crippen molar-refractivity contribution in [3.8, 4) is 0 Å². The maximum absolute atomic E-state index is 11.9. The Morgan fingerprint density at radius 2 is 1.73 bits per heavy atom. The molecule has 1 N–H and O–H groups in total. The first-order chi connectivity index (χ1) is 10.2. The molecular formula is C13H14N2O7. The lowest BCUT2D eigenvalue weighted by molar-refractivity contribution is -0.384. The Morgan fingerprint density at radius 1 is 1.18 bits per heavy atom. The third kappa shape index (κ3) is 3.19. The molecule has 0 fully saturated rings. The molecule has 0 atom stereocenters. The van der Waals surface area contributed by atoms with E-state index in [1.165, 1.54) is 6.92 Å². The van der Waals surface area contributed by atoms with Gasteiger partial charge in [0.05, 0.1) is 30.3 Å². The van der Waals surface area contributed by atoms with Crippen LogP contribution in [0, 0.1) is 17.0 Å². The number of ether oxygens (including phenoxy) is 2. The van der Waals surface area contributed by atoms with Gasteiger partial charge in [-0.3, -0.25) is 14.9 Å². The SMILES string of the molecule is COC(=O)c1cc([N+](=O)[O-])c(NC(C)=O)c(C)c1C(=O)OC. The molecule has 9 heteroatoms. The molecule has 0 aliphatic heterocycles. The van der Waals surface area contributed by atoms with Gasteiger partial charge in [-0.1, -0.05) is 0 Å². The number of carbonyl (C=O) groups is 3. The van der Waals surface area contributed by atoms with Gasteiger partial charge in [-0.2, -0.15) is 0 Å². The van der Waals surface area contributed by atoms with Crippen LogP contribution >= 0.6 is 0 Å². The summed E-state index contributed by atoms with van der Waals surface area (Å²) >= 11 is 0. The highest BCUT2D eigenvalue weighted by Gasteiger charge is 2.30. The average molecular weight is 310 g/mol. The van der Waals surface area contributed by atoms with Crippen LogP contribution < -0.4 is 5.32 Å². The first kappa shape index (κ1) is 17.1. The van der Waals surface area contributed by atoms with Crippen LogP contribution in [0.3, 0.4) is 0 Å². The summed E-state index contributed by atoms with van der Waals surface area (Å²) in [4.78, 5) is 45.3. The Labute approximate surface area is 125 Å². The minimum Gasteiger partial charge on any atom is -0.465 e. The zero-order valence-electron chi connectivity index (χ0n) is 12.4. The number of hydrogen-bond donors (Lipinski definition) is 1. The van der Waals surface area contributed by atoms with Crippen LogP contribution in [0.25, 0.3) is 0 Å². The van der Waals surface area contributed by atoms with Crippen molar-refractivity contribution in [2.24, 2.45) is 0 Å². The maximum Gasteiger partial charge on any atom is 0.339 e. The van der Waals surface area contributed by atoms with E-state index >= 15 is 0 Å². The van der Waals surface area contributed by atoms with E-state index in [0.29, 0.717) is 0 Å². The molecule has 9 nitrogen and oxygen atoms in total. The average Bonchev–Trinajstić information content (AvgIpc) is 2.46. The number of amides is 1. The van der Waals surface area contributed by atoms with Crippen LogP contribution in [0.2, 0.25) is 0 Å². The van der Waals surface area contributed by atoms with Crippen LogP contribution in [-0.2, 0) is 14.3 Å². The first-order valence-corrected chi connectivity index (χ1v) is 6.00. The van der Waals surface area contributed by atoms with E-state index in [-0.39, 0.29) is 22.4 Å². The van der Waals surface area contributed by atoms with Gasteiger partial charge < -0.3 is 14.8 Å². The van der Waals surface area contributed by atoms with Crippen molar-refractivity contribution in [2.75, 3.05) is 19.5 Å². The molecule has 0 aliphatic rings. The number of esters is 2. The molecule has 0 aliphatic carbocycles. The van der Waals surface area contributed by atoms with E-state index in [1.807, 2.05) is 0 Å². The van der Waals surface area contributed by atoms with Crippen molar-refractivity contribution in [1.82, 2.24) is 0 Å². The predicted octanol–water partition coefficient (Wildman–Crippen LogP) is 1.43. The van der Waals surface area contributed by atoms with Gasteiger partial charge in [-0.05, 0) is 12.5 Å². The van der Waals surface area contributed by atoms with Crippen molar-refractivity contribution in [3.05, 3.63) is 32.9 Å². The number of benzene rings is 1. The summed E-state index contributed by atoms with van der Waals surface area (Å²) in [5.41, 5.74) is -1.18. The normalized spacial score (nSPS) is 9.82. The Morgan fingerprint density at radius 3 is 2.14 bits per heavy atom. The van der Waals surface area contributed by atoms with Crippen LogP contribution in [0.4, 0.5) is 11.4 Å². The number of nitro benzene ring substituents is 1. The monoisotopic (exact) mass is 310 g/mol. The quantitative estimate of drug-likeness (QED) is 0.506. The van der Waals surface area contributed by atoms with E-state index in [2.05, 4.69) is 14.8 Å². The molecule has 0 saturated carbocycles. The van der Waals surface area contributed by atoms with Gasteiger partial charge in [0.2, 0.25) is 5.91 Å². The Balaban J connectivity index is 3.80. The highest BCUT2D eigenvalue weighted by atomic mass is 16.6. The van der Waals surface area contributed by atoms with Crippen LogP contribution in [-0.4, -0.2) is 37.0 Å². The number of anilines is 1. The first-order valence-electron chi connectivity index (χ1n) is 6.00. The van der Waals surface area contributed by atoms with Gasteiger partial charge >= 0.3 is 11.9 Å². The topological polar surface area (TPSA) is 125 Å². The molecule has 1 aromatic rings. The fourth-order valence-corrected chi connectivity index (χ4v) is 1.91. The second kappa shape index (κ2) is 6.66. The van der Waals surface area contributed by atoms with E-state index in [0.717, 1.165) is 27.2 Å². The number of carbonyl (C=O) groups excluding carboxylic acids is 3. The predicted molar refractivity (Wildman–Crippen MR) is 74.8 cm³/mol. The molecule has 0 unspecified atom stereocenters. The van der Waals surface area contributed by atoms with Crippen molar-refractivity contribution in [3.63, 3.8) is 0 Å². The molecule has 1 rings (SSSR count). The molecule has 0 aromatic heterocycles. The molecule has 0 heterocycles. The third-order valence-corrected chi connectivity index (χ3v) is 2.85. The summed E-state index contributed by atoms with van der Waals surface area (Å²) in [5.74, 6) is -2.37. The zero-order chi connectivity index (χ0) is 17.0. The second-order valence-corrected chi connectivity index (χ2v) is 4.24. The number of methoxy groups -OCH3 is 2. The number of hydrogen-bond acceptors (Lipinski definition) is 7. The molecule has 0 radical (unpaired) electrons.